The van der Waals surface area contributed by atoms with Crippen molar-refractivity contribution >= 4 is 51.0 Å². The molecule has 0 saturated heterocycles. The number of hydrogen-bond acceptors (Lipinski definition) is 6. The van der Waals surface area contributed by atoms with Crippen molar-refractivity contribution in [3.63, 3.8) is 0 Å². The predicted molar refractivity (Wildman–Crippen MR) is 109 cm³/mol. The highest BCUT2D eigenvalue weighted by atomic mass is 32.2. The van der Waals surface area contributed by atoms with Crippen LogP contribution in [0.4, 0.5) is 5.13 Å². The molecule has 3 aromatic rings. The number of anilines is 1. The number of amides is 1. The van der Waals surface area contributed by atoms with E-state index in [0.717, 1.165) is 32.2 Å². The molecule has 0 aliphatic rings. The first-order chi connectivity index (χ1) is 12.7. The monoisotopic (exact) mass is 383 g/mol. The quantitative estimate of drug-likeness (QED) is 0.279. The van der Waals surface area contributed by atoms with Crippen LogP contribution in [0, 0.1) is 0 Å². The summed E-state index contributed by atoms with van der Waals surface area (Å²) in [5, 5.41) is 13.3. The molecule has 7 heteroatoms. The van der Waals surface area contributed by atoms with E-state index in [2.05, 4.69) is 22.1 Å². The summed E-state index contributed by atoms with van der Waals surface area (Å²) < 4.78 is 6.03. The molecule has 0 saturated carbocycles. The van der Waals surface area contributed by atoms with E-state index in [0.29, 0.717) is 5.13 Å². The summed E-state index contributed by atoms with van der Waals surface area (Å²) in [6.07, 6.45) is 5.06. The minimum atomic E-state index is -0.240. The molecule has 132 valence electrons. The maximum absolute atomic E-state index is 12.1. The Kier molecular flexibility index (Phi) is 6.04. The van der Waals surface area contributed by atoms with Crippen molar-refractivity contribution in [1.29, 1.82) is 0 Å². The Hall–Kier alpha value is -2.64. The van der Waals surface area contributed by atoms with Gasteiger partial charge in [-0.25, -0.2) is 0 Å². The summed E-state index contributed by atoms with van der Waals surface area (Å²) in [5.74, 6) is 1.34. The van der Waals surface area contributed by atoms with Crippen molar-refractivity contribution in [3.05, 3.63) is 60.7 Å². The van der Waals surface area contributed by atoms with E-state index in [1.807, 2.05) is 36.4 Å². The molecule has 1 N–H and O–H groups in total. The fourth-order valence-electron chi connectivity index (χ4n) is 2.24. The normalized spacial score (nSPS) is 11.0. The Bertz CT molecular complexity index is 966. The van der Waals surface area contributed by atoms with Gasteiger partial charge >= 0.3 is 0 Å². The zero-order valence-electron chi connectivity index (χ0n) is 14.1. The number of rotatable bonds is 7. The number of methoxy groups -OCH3 is 1. The maximum Gasteiger partial charge on any atom is 0.250 e. The van der Waals surface area contributed by atoms with Gasteiger partial charge in [-0.3, -0.25) is 10.1 Å². The zero-order valence-corrected chi connectivity index (χ0v) is 15.8. The molecule has 0 aliphatic carbocycles. The van der Waals surface area contributed by atoms with Crippen LogP contribution in [0.1, 0.15) is 5.56 Å². The molecular formula is C19H17N3O2S2. The summed E-state index contributed by atoms with van der Waals surface area (Å²) >= 11 is 2.87. The van der Waals surface area contributed by atoms with E-state index < -0.39 is 0 Å². The molecular weight excluding hydrogens is 366 g/mol. The van der Waals surface area contributed by atoms with E-state index in [1.54, 1.807) is 19.3 Å². The van der Waals surface area contributed by atoms with Crippen LogP contribution in [-0.2, 0) is 4.79 Å². The third-order valence-electron chi connectivity index (χ3n) is 3.46. The number of benzene rings is 2. The van der Waals surface area contributed by atoms with Gasteiger partial charge in [0.1, 0.15) is 5.75 Å². The van der Waals surface area contributed by atoms with Gasteiger partial charge in [0, 0.05) is 11.8 Å². The molecule has 1 amide bonds. The number of thioether (sulfide) groups is 1. The third kappa shape index (κ3) is 4.71. The van der Waals surface area contributed by atoms with Crippen molar-refractivity contribution < 1.29 is 9.53 Å². The molecule has 3 rings (SSSR count). The van der Waals surface area contributed by atoms with Crippen molar-refractivity contribution in [2.75, 3.05) is 18.2 Å². The minimum Gasteiger partial charge on any atom is -0.497 e. The standard InChI is InChI=1S/C19H17N3O2S2/c1-3-10-25-19-22-21-18(26-19)20-17(23)9-5-13-4-6-15-12-16(24-2)8-7-14(15)11-13/h3-9,11-12H,1,10H2,2H3,(H,20,21,23)/b9-5+. The second kappa shape index (κ2) is 8.64. The molecule has 0 bridgehead atoms. The Labute approximate surface area is 159 Å². The van der Waals surface area contributed by atoms with Gasteiger partial charge in [-0.1, -0.05) is 47.4 Å². The molecule has 0 aliphatic heterocycles. The lowest BCUT2D eigenvalue weighted by atomic mass is 10.1. The first-order valence-electron chi connectivity index (χ1n) is 7.82. The summed E-state index contributed by atoms with van der Waals surface area (Å²) in [6, 6.07) is 11.9. The Morgan fingerprint density at radius 2 is 2.08 bits per heavy atom. The molecule has 5 nitrogen and oxygen atoms in total. The summed E-state index contributed by atoms with van der Waals surface area (Å²) in [7, 11) is 1.65. The smallest absolute Gasteiger partial charge is 0.250 e. The Morgan fingerprint density at radius 3 is 2.88 bits per heavy atom. The number of aromatic nitrogens is 2. The molecule has 0 radical (unpaired) electrons. The first kappa shape index (κ1) is 18.2. The van der Waals surface area contributed by atoms with E-state index in [-0.39, 0.29) is 5.91 Å². The van der Waals surface area contributed by atoms with Gasteiger partial charge in [-0.15, -0.1) is 16.8 Å². The fourth-order valence-corrected chi connectivity index (χ4v) is 3.76. The average molecular weight is 383 g/mol. The topological polar surface area (TPSA) is 64.1 Å². The van der Waals surface area contributed by atoms with Crippen molar-refractivity contribution in [1.82, 2.24) is 10.2 Å². The number of carbonyl (C=O) groups excluding carboxylic acids is 1. The van der Waals surface area contributed by atoms with E-state index in [4.69, 9.17) is 4.74 Å². The van der Waals surface area contributed by atoms with Gasteiger partial charge in [0.25, 0.3) is 0 Å². The maximum atomic E-state index is 12.1. The number of nitrogens with one attached hydrogen (secondary N) is 1. The third-order valence-corrected chi connectivity index (χ3v) is 5.43. The van der Waals surface area contributed by atoms with Gasteiger partial charge in [0.2, 0.25) is 11.0 Å². The van der Waals surface area contributed by atoms with Crippen molar-refractivity contribution in [2.45, 2.75) is 4.34 Å². The molecule has 1 aromatic heterocycles. The highest BCUT2D eigenvalue weighted by Gasteiger charge is 2.06. The van der Waals surface area contributed by atoms with Gasteiger partial charge < -0.3 is 4.74 Å². The van der Waals surface area contributed by atoms with Crippen molar-refractivity contribution in [2.24, 2.45) is 0 Å². The lowest BCUT2D eigenvalue weighted by Crippen LogP contribution is -2.07. The number of nitrogens with zero attached hydrogens (tertiary/aromatic N) is 2. The number of hydrogen-bond donors (Lipinski definition) is 1. The predicted octanol–water partition coefficient (Wildman–Crippen LogP) is 4.63. The highest BCUT2D eigenvalue weighted by molar-refractivity contribution is 8.01. The minimum absolute atomic E-state index is 0.240. The van der Waals surface area contributed by atoms with Crippen LogP contribution < -0.4 is 10.1 Å². The summed E-state index contributed by atoms with van der Waals surface area (Å²) in [4.78, 5) is 12.1. The lowest BCUT2D eigenvalue weighted by Gasteiger charge is -2.03. The van der Waals surface area contributed by atoms with Gasteiger partial charge in [-0.05, 0) is 40.6 Å². The zero-order chi connectivity index (χ0) is 18.4. The second-order valence-corrected chi connectivity index (χ2v) is 7.51. The van der Waals surface area contributed by atoms with Crippen LogP contribution in [-0.4, -0.2) is 29.0 Å². The summed E-state index contributed by atoms with van der Waals surface area (Å²) in [6.45, 7) is 3.66. The van der Waals surface area contributed by atoms with Crippen LogP contribution in [0.3, 0.4) is 0 Å². The molecule has 0 spiro atoms. The van der Waals surface area contributed by atoms with Gasteiger partial charge in [0.15, 0.2) is 4.34 Å². The summed E-state index contributed by atoms with van der Waals surface area (Å²) in [5.41, 5.74) is 0.942. The van der Waals surface area contributed by atoms with E-state index in [1.165, 1.54) is 29.2 Å². The Balaban J connectivity index is 1.65. The highest BCUT2D eigenvalue weighted by Crippen LogP contribution is 2.25. The van der Waals surface area contributed by atoms with E-state index in [9.17, 15) is 4.79 Å². The second-order valence-electron chi connectivity index (χ2n) is 5.27. The van der Waals surface area contributed by atoms with E-state index >= 15 is 0 Å². The van der Waals surface area contributed by atoms with Crippen LogP contribution in [0.25, 0.3) is 16.8 Å². The van der Waals surface area contributed by atoms with Crippen LogP contribution in [0.15, 0.2) is 59.5 Å². The average Bonchev–Trinajstić information content (AvgIpc) is 3.11. The largest absolute Gasteiger partial charge is 0.497 e. The van der Waals surface area contributed by atoms with Crippen molar-refractivity contribution in [3.8, 4) is 5.75 Å². The SMILES string of the molecule is C=CCSc1nnc(NC(=O)/C=C/c2ccc3cc(OC)ccc3c2)s1. The first-order valence-corrected chi connectivity index (χ1v) is 9.62. The van der Waals surface area contributed by atoms with Crippen LogP contribution in [0.5, 0.6) is 5.75 Å². The van der Waals surface area contributed by atoms with Crippen LogP contribution >= 0.6 is 23.1 Å². The van der Waals surface area contributed by atoms with Crippen LogP contribution in [0.2, 0.25) is 0 Å². The molecule has 0 fully saturated rings. The number of ether oxygens (including phenoxy) is 1. The number of carbonyl (C=O) groups is 1. The molecule has 0 atom stereocenters. The molecule has 1 heterocycles. The fraction of sp³-hybridized carbons (Fsp3) is 0.105. The molecule has 26 heavy (non-hydrogen) atoms. The molecule has 2 aromatic carbocycles. The number of fused-ring (bicyclic) bond motifs is 1. The lowest BCUT2D eigenvalue weighted by molar-refractivity contribution is -0.111. The Morgan fingerprint density at radius 1 is 1.27 bits per heavy atom. The molecule has 0 unspecified atom stereocenters. The van der Waals surface area contributed by atoms with Gasteiger partial charge in [0.05, 0.1) is 7.11 Å². The van der Waals surface area contributed by atoms with Gasteiger partial charge in [-0.2, -0.15) is 0 Å².